The zero-order valence-electron chi connectivity index (χ0n) is 12.4. The Morgan fingerprint density at radius 3 is 2.59 bits per heavy atom. The molecule has 8 heteroatoms. The Labute approximate surface area is 127 Å². The summed E-state index contributed by atoms with van der Waals surface area (Å²) in [5.74, 6) is -1.69. The van der Waals surface area contributed by atoms with Gasteiger partial charge in [-0.15, -0.1) is 0 Å². The van der Waals surface area contributed by atoms with Crippen molar-refractivity contribution in [2.24, 2.45) is 0 Å². The summed E-state index contributed by atoms with van der Waals surface area (Å²) >= 11 is 0. The number of benzene rings is 1. The number of hydrogen-bond donors (Lipinski definition) is 1. The van der Waals surface area contributed by atoms with Gasteiger partial charge in [0.15, 0.2) is 12.4 Å². The molecule has 8 nitrogen and oxygen atoms in total. The lowest BCUT2D eigenvalue weighted by Crippen LogP contribution is -2.44. The smallest absolute Gasteiger partial charge is 0.323 e. The second kappa shape index (κ2) is 7.96. The number of ether oxygens (including phenoxy) is 1. The molecular formula is C14H18N2O6. The number of nitro benzene ring substituents is 1. The van der Waals surface area contributed by atoms with Crippen LogP contribution in [0.25, 0.3) is 0 Å². The number of nitrogens with zero attached hydrogens (tertiary/aromatic N) is 2. The molecule has 1 rings (SSSR count). The highest BCUT2D eigenvalue weighted by Crippen LogP contribution is 2.25. The number of hydrogen-bond acceptors (Lipinski definition) is 5. The molecule has 0 aliphatic heterocycles. The van der Waals surface area contributed by atoms with Gasteiger partial charge in [0.05, 0.1) is 4.92 Å². The van der Waals surface area contributed by atoms with Crippen LogP contribution < -0.4 is 4.74 Å². The van der Waals surface area contributed by atoms with Gasteiger partial charge in [-0.1, -0.05) is 19.1 Å². The summed E-state index contributed by atoms with van der Waals surface area (Å²) in [4.78, 5) is 34.4. The largest absolute Gasteiger partial charge is 0.480 e. The Bertz CT molecular complexity index is 560. The fourth-order valence-corrected chi connectivity index (χ4v) is 1.81. The number of para-hydroxylation sites is 2. The maximum absolute atomic E-state index is 12.1. The Morgan fingerprint density at radius 2 is 2.05 bits per heavy atom. The standard InChI is InChI=1S/C14H18N2O6/c1-3-10(2)15(8-14(18)19)13(17)9-22-12-7-5-4-6-11(12)16(20)21/h4-7,10H,3,8-9H2,1-2H3,(H,18,19). The van der Waals surface area contributed by atoms with Crippen molar-refractivity contribution in [1.82, 2.24) is 4.90 Å². The molecule has 0 bridgehead atoms. The maximum Gasteiger partial charge on any atom is 0.323 e. The predicted octanol–water partition coefficient (Wildman–Crippen LogP) is 1.69. The van der Waals surface area contributed by atoms with E-state index >= 15 is 0 Å². The second-order valence-corrected chi connectivity index (χ2v) is 4.69. The van der Waals surface area contributed by atoms with Gasteiger partial charge in [-0.3, -0.25) is 19.7 Å². The summed E-state index contributed by atoms with van der Waals surface area (Å²) in [6, 6.07) is 5.43. The Balaban J connectivity index is 2.79. The molecule has 1 amide bonds. The highest BCUT2D eigenvalue weighted by atomic mass is 16.6. The van der Waals surface area contributed by atoms with Gasteiger partial charge in [0, 0.05) is 12.1 Å². The highest BCUT2D eigenvalue weighted by molar-refractivity contribution is 5.82. The van der Waals surface area contributed by atoms with Crippen molar-refractivity contribution in [1.29, 1.82) is 0 Å². The predicted molar refractivity (Wildman–Crippen MR) is 77.7 cm³/mol. The van der Waals surface area contributed by atoms with Gasteiger partial charge in [0.1, 0.15) is 6.54 Å². The Hall–Kier alpha value is -2.64. The van der Waals surface area contributed by atoms with E-state index in [1.165, 1.54) is 23.1 Å². The summed E-state index contributed by atoms with van der Waals surface area (Å²) in [5.41, 5.74) is -0.247. The first kappa shape index (κ1) is 17.4. The van der Waals surface area contributed by atoms with Crippen molar-refractivity contribution in [3.8, 4) is 5.75 Å². The first-order chi connectivity index (χ1) is 10.4. The number of carboxylic acids is 1. The van der Waals surface area contributed by atoms with Crippen molar-refractivity contribution < 1.29 is 24.4 Å². The summed E-state index contributed by atoms with van der Waals surface area (Å²) in [6.45, 7) is 2.66. The zero-order chi connectivity index (χ0) is 16.7. The van der Waals surface area contributed by atoms with Gasteiger partial charge >= 0.3 is 11.7 Å². The second-order valence-electron chi connectivity index (χ2n) is 4.69. The van der Waals surface area contributed by atoms with Crippen LogP contribution in [0.3, 0.4) is 0 Å². The highest BCUT2D eigenvalue weighted by Gasteiger charge is 2.23. The quantitative estimate of drug-likeness (QED) is 0.578. The van der Waals surface area contributed by atoms with E-state index in [9.17, 15) is 19.7 Å². The maximum atomic E-state index is 12.1. The normalized spacial score (nSPS) is 11.5. The molecule has 0 aliphatic rings. The molecule has 1 atom stereocenters. The van der Waals surface area contributed by atoms with Crippen LogP contribution in [0.4, 0.5) is 5.69 Å². The van der Waals surface area contributed by atoms with Crippen molar-refractivity contribution in [3.05, 3.63) is 34.4 Å². The monoisotopic (exact) mass is 310 g/mol. The van der Waals surface area contributed by atoms with E-state index in [2.05, 4.69) is 0 Å². The fourth-order valence-electron chi connectivity index (χ4n) is 1.81. The molecule has 1 unspecified atom stereocenters. The molecule has 0 saturated heterocycles. The molecule has 0 fully saturated rings. The minimum atomic E-state index is -1.13. The topological polar surface area (TPSA) is 110 Å². The van der Waals surface area contributed by atoms with Crippen LogP contribution >= 0.6 is 0 Å². The minimum Gasteiger partial charge on any atom is -0.480 e. The zero-order valence-corrected chi connectivity index (χ0v) is 12.4. The molecule has 0 aromatic heterocycles. The number of nitro groups is 1. The van der Waals surface area contributed by atoms with Gasteiger partial charge in [0.25, 0.3) is 5.91 Å². The summed E-state index contributed by atoms with van der Waals surface area (Å²) < 4.78 is 5.19. The molecule has 0 aliphatic carbocycles. The molecule has 22 heavy (non-hydrogen) atoms. The molecule has 0 saturated carbocycles. The number of carbonyl (C=O) groups excluding carboxylic acids is 1. The first-order valence-corrected chi connectivity index (χ1v) is 6.74. The van der Waals surface area contributed by atoms with Crippen molar-refractivity contribution in [2.75, 3.05) is 13.2 Å². The van der Waals surface area contributed by atoms with E-state index < -0.39 is 30.0 Å². The minimum absolute atomic E-state index is 0.0275. The molecule has 1 aromatic carbocycles. The number of amides is 1. The fraction of sp³-hybridized carbons (Fsp3) is 0.429. The number of rotatable bonds is 8. The van der Waals surface area contributed by atoms with Crippen LogP contribution in [0, 0.1) is 10.1 Å². The van der Waals surface area contributed by atoms with Gasteiger partial charge in [-0.2, -0.15) is 0 Å². The van der Waals surface area contributed by atoms with Crippen LogP contribution in [0.15, 0.2) is 24.3 Å². The van der Waals surface area contributed by atoms with E-state index in [0.717, 1.165) is 0 Å². The average molecular weight is 310 g/mol. The molecule has 0 radical (unpaired) electrons. The molecule has 120 valence electrons. The lowest BCUT2D eigenvalue weighted by molar-refractivity contribution is -0.385. The van der Waals surface area contributed by atoms with E-state index in [-0.39, 0.29) is 17.5 Å². The first-order valence-electron chi connectivity index (χ1n) is 6.74. The van der Waals surface area contributed by atoms with Crippen LogP contribution in [0.5, 0.6) is 5.75 Å². The number of carbonyl (C=O) groups is 2. The number of carboxylic acid groups (broad SMARTS) is 1. The average Bonchev–Trinajstić information content (AvgIpc) is 2.49. The van der Waals surface area contributed by atoms with Gasteiger partial charge in [0.2, 0.25) is 0 Å². The van der Waals surface area contributed by atoms with E-state index in [1.54, 1.807) is 13.0 Å². The molecule has 1 N–H and O–H groups in total. The van der Waals surface area contributed by atoms with Crippen molar-refractivity contribution in [3.63, 3.8) is 0 Å². The van der Waals surface area contributed by atoms with Gasteiger partial charge < -0.3 is 14.7 Å². The molecular weight excluding hydrogens is 292 g/mol. The summed E-state index contributed by atoms with van der Waals surface area (Å²) in [7, 11) is 0. The molecule has 0 heterocycles. The molecule has 0 spiro atoms. The Kier molecular flexibility index (Phi) is 6.30. The third-order valence-corrected chi connectivity index (χ3v) is 3.16. The van der Waals surface area contributed by atoms with Crippen LogP contribution in [-0.2, 0) is 9.59 Å². The number of aliphatic carboxylic acids is 1. The lowest BCUT2D eigenvalue weighted by atomic mass is 10.2. The van der Waals surface area contributed by atoms with Crippen LogP contribution in [0.2, 0.25) is 0 Å². The Morgan fingerprint density at radius 1 is 1.41 bits per heavy atom. The van der Waals surface area contributed by atoms with E-state index in [0.29, 0.717) is 6.42 Å². The third kappa shape index (κ3) is 4.72. The van der Waals surface area contributed by atoms with Crippen LogP contribution in [-0.4, -0.2) is 46.0 Å². The van der Waals surface area contributed by atoms with Crippen molar-refractivity contribution >= 4 is 17.6 Å². The van der Waals surface area contributed by atoms with E-state index in [1.807, 2.05) is 6.92 Å². The van der Waals surface area contributed by atoms with Crippen LogP contribution in [0.1, 0.15) is 20.3 Å². The molecule has 1 aromatic rings. The summed E-state index contributed by atoms with van der Waals surface area (Å²) in [6.07, 6.45) is 0.588. The summed E-state index contributed by atoms with van der Waals surface area (Å²) in [5, 5.41) is 19.7. The SMILES string of the molecule is CCC(C)N(CC(=O)O)C(=O)COc1ccccc1[N+](=O)[O-]. The van der Waals surface area contributed by atoms with E-state index in [4.69, 9.17) is 9.84 Å². The third-order valence-electron chi connectivity index (χ3n) is 3.16. The van der Waals surface area contributed by atoms with Gasteiger partial charge in [-0.25, -0.2) is 0 Å². The van der Waals surface area contributed by atoms with Crippen molar-refractivity contribution in [2.45, 2.75) is 26.3 Å². The van der Waals surface area contributed by atoms with Gasteiger partial charge in [-0.05, 0) is 19.4 Å². The lowest BCUT2D eigenvalue weighted by Gasteiger charge is -2.26.